The molecule has 0 aliphatic carbocycles. The third-order valence-corrected chi connectivity index (χ3v) is 5.18. The number of hydrazine groups is 1. The SMILES string of the molecule is COc1ccc(S(N)(=O)=O)cc1C(=O)NNC(=O)[C@@H](C)Oc1cccc(C)c1C. The van der Waals surface area contributed by atoms with E-state index in [0.29, 0.717) is 5.75 Å². The lowest BCUT2D eigenvalue weighted by atomic mass is 10.1. The van der Waals surface area contributed by atoms with Gasteiger partial charge in [-0.3, -0.25) is 20.4 Å². The van der Waals surface area contributed by atoms with Gasteiger partial charge in [-0.15, -0.1) is 0 Å². The molecule has 0 aliphatic rings. The smallest absolute Gasteiger partial charge is 0.279 e. The van der Waals surface area contributed by atoms with Crippen LogP contribution in [0.3, 0.4) is 0 Å². The number of hydrogen-bond acceptors (Lipinski definition) is 6. The summed E-state index contributed by atoms with van der Waals surface area (Å²) in [4.78, 5) is 24.4. The molecular formula is C19H23N3O6S. The minimum atomic E-state index is -4.01. The Morgan fingerprint density at radius 3 is 2.38 bits per heavy atom. The molecule has 0 saturated heterocycles. The molecule has 0 aliphatic heterocycles. The maximum atomic E-state index is 12.4. The number of amides is 2. The fraction of sp³-hybridized carbons (Fsp3) is 0.263. The summed E-state index contributed by atoms with van der Waals surface area (Å²) in [7, 11) is -2.69. The number of primary sulfonamides is 1. The summed E-state index contributed by atoms with van der Waals surface area (Å²) >= 11 is 0. The third-order valence-electron chi connectivity index (χ3n) is 4.27. The molecular weight excluding hydrogens is 398 g/mol. The molecule has 2 aromatic rings. The Balaban J connectivity index is 2.08. The van der Waals surface area contributed by atoms with Crippen LogP contribution in [0.4, 0.5) is 0 Å². The number of ether oxygens (including phenoxy) is 2. The predicted octanol–water partition coefficient (Wildman–Crippen LogP) is 1.19. The van der Waals surface area contributed by atoms with E-state index in [0.717, 1.165) is 17.2 Å². The largest absolute Gasteiger partial charge is 0.496 e. The molecule has 29 heavy (non-hydrogen) atoms. The van der Waals surface area contributed by atoms with Crippen molar-refractivity contribution >= 4 is 21.8 Å². The van der Waals surface area contributed by atoms with Gasteiger partial charge in [-0.2, -0.15) is 0 Å². The lowest BCUT2D eigenvalue weighted by Crippen LogP contribution is -2.47. The van der Waals surface area contributed by atoms with Crippen molar-refractivity contribution in [3.63, 3.8) is 0 Å². The van der Waals surface area contributed by atoms with Crippen molar-refractivity contribution in [2.75, 3.05) is 7.11 Å². The molecule has 2 rings (SSSR count). The van der Waals surface area contributed by atoms with E-state index in [4.69, 9.17) is 14.6 Å². The van der Waals surface area contributed by atoms with Crippen LogP contribution >= 0.6 is 0 Å². The van der Waals surface area contributed by atoms with Gasteiger partial charge >= 0.3 is 0 Å². The van der Waals surface area contributed by atoms with E-state index in [1.807, 2.05) is 26.0 Å². The van der Waals surface area contributed by atoms with Crippen LogP contribution in [-0.4, -0.2) is 33.4 Å². The molecule has 9 nitrogen and oxygen atoms in total. The van der Waals surface area contributed by atoms with Gasteiger partial charge in [-0.1, -0.05) is 12.1 Å². The average molecular weight is 421 g/mol. The maximum absolute atomic E-state index is 12.4. The van der Waals surface area contributed by atoms with Crippen molar-refractivity contribution in [2.45, 2.75) is 31.8 Å². The van der Waals surface area contributed by atoms with Crippen molar-refractivity contribution in [1.82, 2.24) is 10.9 Å². The predicted molar refractivity (Wildman–Crippen MR) is 106 cm³/mol. The molecule has 4 N–H and O–H groups in total. The number of nitrogens with one attached hydrogen (secondary N) is 2. The van der Waals surface area contributed by atoms with Gasteiger partial charge in [0.15, 0.2) is 6.10 Å². The number of sulfonamides is 1. The van der Waals surface area contributed by atoms with Crippen LogP contribution in [0, 0.1) is 13.8 Å². The third kappa shape index (κ3) is 5.46. The van der Waals surface area contributed by atoms with Gasteiger partial charge in [0.05, 0.1) is 17.6 Å². The fourth-order valence-electron chi connectivity index (χ4n) is 2.42. The van der Waals surface area contributed by atoms with Gasteiger partial charge in [0.25, 0.3) is 11.8 Å². The molecule has 1 atom stereocenters. The van der Waals surface area contributed by atoms with Crippen molar-refractivity contribution < 1.29 is 27.5 Å². The highest BCUT2D eigenvalue weighted by molar-refractivity contribution is 7.89. The van der Waals surface area contributed by atoms with E-state index in [9.17, 15) is 18.0 Å². The van der Waals surface area contributed by atoms with E-state index in [1.165, 1.54) is 26.2 Å². The van der Waals surface area contributed by atoms with Crippen LogP contribution < -0.4 is 25.5 Å². The minimum absolute atomic E-state index is 0.109. The van der Waals surface area contributed by atoms with E-state index in [1.54, 1.807) is 6.07 Å². The van der Waals surface area contributed by atoms with Gasteiger partial charge < -0.3 is 9.47 Å². The average Bonchev–Trinajstić information content (AvgIpc) is 2.67. The number of carbonyl (C=O) groups excluding carboxylic acids is 2. The zero-order chi connectivity index (χ0) is 21.8. The van der Waals surface area contributed by atoms with E-state index >= 15 is 0 Å². The van der Waals surface area contributed by atoms with Gasteiger partial charge in [0, 0.05) is 0 Å². The second kappa shape index (κ2) is 8.93. The Morgan fingerprint density at radius 1 is 1.07 bits per heavy atom. The summed E-state index contributed by atoms with van der Waals surface area (Å²) in [6, 6.07) is 9.05. The van der Waals surface area contributed by atoms with E-state index in [-0.39, 0.29) is 16.2 Å². The zero-order valence-electron chi connectivity index (χ0n) is 16.5. The summed E-state index contributed by atoms with van der Waals surface area (Å²) in [5.74, 6) is -0.703. The maximum Gasteiger partial charge on any atom is 0.279 e. The highest BCUT2D eigenvalue weighted by Gasteiger charge is 2.20. The Morgan fingerprint density at radius 2 is 1.76 bits per heavy atom. The molecule has 156 valence electrons. The molecule has 0 radical (unpaired) electrons. The van der Waals surface area contributed by atoms with Crippen LogP contribution in [0.25, 0.3) is 0 Å². The van der Waals surface area contributed by atoms with Crippen LogP contribution in [0.1, 0.15) is 28.4 Å². The molecule has 0 heterocycles. The van der Waals surface area contributed by atoms with E-state index < -0.39 is 27.9 Å². The Labute approximate surface area is 169 Å². The molecule has 10 heteroatoms. The van der Waals surface area contributed by atoms with Gasteiger partial charge in [0.1, 0.15) is 11.5 Å². The van der Waals surface area contributed by atoms with Crippen molar-refractivity contribution in [1.29, 1.82) is 0 Å². The molecule has 2 aromatic carbocycles. The Bertz CT molecular complexity index is 1040. The summed E-state index contributed by atoms with van der Waals surface area (Å²) in [5, 5.41) is 5.09. The topological polar surface area (TPSA) is 137 Å². The number of nitrogens with two attached hydrogens (primary N) is 1. The molecule has 0 bridgehead atoms. The van der Waals surface area contributed by atoms with E-state index in [2.05, 4.69) is 10.9 Å². The van der Waals surface area contributed by atoms with Crippen molar-refractivity contribution in [3.05, 3.63) is 53.1 Å². The number of methoxy groups -OCH3 is 1. The number of hydrogen-bond donors (Lipinski definition) is 3. The molecule has 0 aromatic heterocycles. The lowest BCUT2D eigenvalue weighted by molar-refractivity contribution is -0.128. The first-order valence-corrected chi connectivity index (χ1v) is 10.1. The second-order valence-corrected chi connectivity index (χ2v) is 7.87. The lowest BCUT2D eigenvalue weighted by Gasteiger charge is -2.17. The quantitative estimate of drug-likeness (QED) is 0.599. The van der Waals surface area contributed by atoms with Crippen LogP contribution in [0.5, 0.6) is 11.5 Å². The highest BCUT2D eigenvalue weighted by atomic mass is 32.2. The minimum Gasteiger partial charge on any atom is -0.496 e. The summed E-state index contributed by atoms with van der Waals surface area (Å²) < 4.78 is 33.7. The van der Waals surface area contributed by atoms with Gasteiger partial charge in [-0.25, -0.2) is 13.6 Å². The number of carbonyl (C=O) groups is 2. The Kier molecular flexibility index (Phi) is 6.83. The standard InChI is InChI=1S/C19H23N3O6S/c1-11-6-5-7-16(12(11)2)28-13(3)18(23)21-22-19(24)15-10-14(29(20,25)26)8-9-17(15)27-4/h5-10,13H,1-4H3,(H,21,23)(H,22,24)(H2,20,25,26)/t13-/m1/s1. The van der Waals surface area contributed by atoms with Gasteiger partial charge in [0.2, 0.25) is 10.0 Å². The normalized spacial score (nSPS) is 12.0. The molecule has 0 saturated carbocycles. The first kappa shape index (κ1) is 22.2. The molecule has 2 amide bonds. The van der Waals surface area contributed by atoms with Gasteiger partial charge in [-0.05, 0) is 56.2 Å². The first-order valence-electron chi connectivity index (χ1n) is 8.58. The first-order chi connectivity index (χ1) is 13.5. The second-order valence-electron chi connectivity index (χ2n) is 6.31. The van der Waals surface area contributed by atoms with Crippen LogP contribution in [-0.2, 0) is 14.8 Å². The fourth-order valence-corrected chi connectivity index (χ4v) is 2.96. The monoisotopic (exact) mass is 421 g/mol. The highest BCUT2D eigenvalue weighted by Crippen LogP contribution is 2.22. The molecule has 0 fully saturated rings. The summed E-state index contributed by atoms with van der Waals surface area (Å²) in [6.07, 6.45) is -0.895. The number of benzene rings is 2. The van der Waals surface area contributed by atoms with Crippen LogP contribution in [0.2, 0.25) is 0 Å². The molecule has 0 spiro atoms. The number of aryl methyl sites for hydroxylation is 1. The summed E-state index contributed by atoms with van der Waals surface area (Å²) in [6.45, 7) is 5.34. The Hall–Kier alpha value is -3.11. The summed E-state index contributed by atoms with van der Waals surface area (Å²) in [5.41, 5.74) is 6.27. The molecule has 0 unspecified atom stereocenters. The zero-order valence-corrected chi connectivity index (χ0v) is 17.3. The number of rotatable bonds is 6. The van der Waals surface area contributed by atoms with Crippen molar-refractivity contribution in [2.24, 2.45) is 5.14 Å². The van der Waals surface area contributed by atoms with Crippen molar-refractivity contribution in [3.8, 4) is 11.5 Å². The van der Waals surface area contributed by atoms with Crippen LogP contribution in [0.15, 0.2) is 41.3 Å².